The zero-order chi connectivity index (χ0) is 22.1. The van der Waals surface area contributed by atoms with E-state index >= 15 is 0 Å². The predicted octanol–water partition coefficient (Wildman–Crippen LogP) is 6.21. The van der Waals surface area contributed by atoms with Crippen LogP contribution in [0.4, 0.5) is 0 Å². The number of hydrogen-bond donors (Lipinski definition) is 0. The fraction of sp³-hybridized carbons (Fsp3) is 0.222. The molecule has 3 aromatic carbocycles. The van der Waals surface area contributed by atoms with Gasteiger partial charge in [0.15, 0.2) is 0 Å². The highest BCUT2D eigenvalue weighted by Gasteiger charge is 2.23. The number of benzene rings is 3. The maximum absolute atomic E-state index is 13.0. The Kier molecular flexibility index (Phi) is 5.73. The largest absolute Gasteiger partial charge is 0.478 e. The van der Waals surface area contributed by atoms with E-state index in [0.717, 1.165) is 47.2 Å². The minimum atomic E-state index is -0.341. The van der Waals surface area contributed by atoms with Crippen LogP contribution in [0, 0.1) is 6.92 Å². The van der Waals surface area contributed by atoms with Gasteiger partial charge in [-0.1, -0.05) is 54.1 Å². The molecule has 0 amide bonds. The number of hydrogen-bond acceptors (Lipinski definition) is 4. The number of aryl methyl sites for hydroxylation is 2. The zero-order valence-electron chi connectivity index (χ0n) is 17.9. The Morgan fingerprint density at radius 3 is 2.56 bits per heavy atom. The summed E-state index contributed by atoms with van der Waals surface area (Å²) in [5, 5.41) is 1.57. The fourth-order valence-electron chi connectivity index (χ4n) is 4.41. The van der Waals surface area contributed by atoms with Crippen molar-refractivity contribution in [3.8, 4) is 16.9 Å². The lowest BCUT2D eigenvalue weighted by Gasteiger charge is -2.29. The van der Waals surface area contributed by atoms with Gasteiger partial charge in [-0.3, -0.25) is 4.90 Å². The smallest absolute Gasteiger partial charge is 0.344 e. The normalized spacial score (nSPS) is 13.7. The standard InChI is InChI=1S/C27H24ClNO3/c1-18-22-13-14-24-23(16-29(17-31-24)15-5-8-19-6-3-2-4-7-19)26(22)32-27(30)25(18)20-9-11-21(28)12-10-20/h2-4,6-7,9-14H,5,8,15-17H2,1H3. The van der Waals surface area contributed by atoms with Gasteiger partial charge in [-0.05, 0) is 60.7 Å². The Bertz CT molecular complexity index is 1310. The average Bonchev–Trinajstić information content (AvgIpc) is 2.81. The first kappa shape index (κ1) is 20.8. The number of rotatable bonds is 5. The van der Waals surface area contributed by atoms with Crippen LogP contribution in [0.5, 0.6) is 5.75 Å². The Labute approximate surface area is 192 Å². The van der Waals surface area contributed by atoms with E-state index in [1.54, 1.807) is 12.1 Å². The van der Waals surface area contributed by atoms with Crippen molar-refractivity contribution in [2.45, 2.75) is 26.3 Å². The molecule has 4 aromatic rings. The van der Waals surface area contributed by atoms with Crippen LogP contribution < -0.4 is 10.4 Å². The zero-order valence-corrected chi connectivity index (χ0v) is 18.7. The third kappa shape index (κ3) is 4.04. The molecule has 162 valence electrons. The summed E-state index contributed by atoms with van der Waals surface area (Å²) >= 11 is 6.02. The average molecular weight is 446 g/mol. The van der Waals surface area contributed by atoms with Gasteiger partial charge in [0.25, 0.3) is 0 Å². The van der Waals surface area contributed by atoms with E-state index in [0.29, 0.717) is 29.4 Å². The van der Waals surface area contributed by atoms with Crippen molar-refractivity contribution >= 4 is 22.6 Å². The van der Waals surface area contributed by atoms with Crippen molar-refractivity contribution in [3.63, 3.8) is 0 Å². The Morgan fingerprint density at radius 1 is 1.00 bits per heavy atom. The molecule has 0 aliphatic carbocycles. The van der Waals surface area contributed by atoms with Crippen LogP contribution in [0.3, 0.4) is 0 Å². The summed E-state index contributed by atoms with van der Waals surface area (Å²) in [5.74, 6) is 0.790. The van der Waals surface area contributed by atoms with Crippen molar-refractivity contribution in [1.82, 2.24) is 4.90 Å². The molecule has 0 radical (unpaired) electrons. The molecule has 0 N–H and O–H groups in total. The van der Waals surface area contributed by atoms with Crippen LogP contribution in [0.25, 0.3) is 22.1 Å². The quantitative estimate of drug-likeness (QED) is 0.343. The van der Waals surface area contributed by atoms with Gasteiger partial charge in [-0.15, -0.1) is 0 Å². The minimum Gasteiger partial charge on any atom is -0.478 e. The first-order valence-corrected chi connectivity index (χ1v) is 11.2. The van der Waals surface area contributed by atoms with Crippen LogP contribution >= 0.6 is 11.6 Å². The highest BCUT2D eigenvalue weighted by molar-refractivity contribution is 6.30. The number of fused-ring (bicyclic) bond motifs is 3. The monoisotopic (exact) mass is 445 g/mol. The van der Waals surface area contributed by atoms with Crippen molar-refractivity contribution < 1.29 is 9.15 Å². The number of ether oxygens (including phenoxy) is 1. The van der Waals surface area contributed by atoms with Crippen LogP contribution in [0.2, 0.25) is 5.02 Å². The molecule has 1 aliphatic heterocycles. The Morgan fingerprint density at radius 2 is 1.78 bits per heavy atom. The molecule has 2 heterocycles. The summed E-state index contributed by atoms with van der Waals surface area (Å²) in [6.07, 6.45) is 2.07. The first-order chi connectivity index (χ1) is 15.6. The van der Waals surface area contributed by atoms with E-state index in [9.17, 15) is 4.79 Å². The highest BCUT2D eigenvalue weighted by Crippen LogP contribution is 2.35. The molecule has 0 atom stereocenters. The van der Waals surface area contributed by atoms with Gasteiger partial charge in [0.2, 0.25) is 0 Å². The fourth-order valence-corrected chi connectivity index (χ4v) is 4.54. The Hall–Kier alpha value is -3.08. The molecular formula is C27H24ClNO3. The van der Waals surface area contributed by atoms with Gasteiger partial charge < -0.3 is 9.15 Å². The molecule has 5 rings (SSSR count). The second-order valence-electron chi connectivity index (χ2n) is 8.23. The molecule has 1 aliphatic rings. The van der Waals surface area contributed by atoms with Gasteiger partial charge in [0.05, 0.1) is 11.1 Å². The SMILES string of the molecule is Cc1c(-c2ccc(Cl)cc2)c(=O)oc2c3c(ccc12)OCN(CCCc1ccccc1)C3. The van der Waals surface area contributed by atoms with Crippen LogP contribution in [0.15, 0.2) is 75.9 Å². The molecule has 5 heteroatoms. The lowest BCUT2D eigenvalue weighted by Crippen LogP contribution is -2.33. The van der Waals surface area contributed by atoms with Crippen molar-refractivity contribution in [3.05, 3.63) is 98.9 Å². The van der Waals surface area contributed by atoms with Gasteiger partial charge >= 0.3 is 5.63 Å². The van der Waals surface area contributed by atoms with Crippen LogP contribution in [-0.4, -0.2) is 18.2 Å². The van der Waals surface area contributed by atoms with E-state index in [1.165, 1.54) is 5.56 Å². The van der Waals surface area contributed by atoms with Gasteiger partial charge in [0, 0.05) is 23.5 Å². The molecule has 0 saturated heterocycles. The molecule has 32 heavy (non-hydrogen) atoms. The van der Waals surface area contributed by atoms with E-state index in [2.05, 4.69) is 29.2 Å². The maximum atomic E-state index is 13.0. The topological polar surface area (TPSA) is 42.7 Å². The third-order valence-electron chi connectivity index (χ3n) is 6.10. The van der Waals surface area contributed by atoms with Gasteiger partial charge in [-0.2, -0.15) is 0 Å². The van der Waals surface area contributed by atoms with Crippen molar-refractivity contribution in [2.24, 2.45) is 0 Å². The van der Waals surface area contributed by atoms with Crippen molar-refractivity contribution in [2.75, 3.05) is 13.3 Å². The molecule has 0 bridgehead atoms. The highest BCUT2D eigenvalue weighted by atomic mass is 35.5. The van der Waals surface area contributed by atoms with E-state index in [4.69, 9.17) is 20.8 Å². The Balaban J connectivity index is 1.43. The summed E-state index contributed by atoms with van der Waals surface area (Å²) in [5.41, 5.74) is 4.85. The van der Waals surface area contributed by atoms with Crippen LogP contribution in [0.1, 0.15) is 23.1 Å². The molecule has 0 unspecified atom stereocenters. The van der Waals surface area contributed by atoms with Crippen LogP contribution in [-0.2, 0) is 13.0 Å². The molecule has 0 fully saturated rings. The second kappa shape index (κ2) is 8.81. The van der Waals surface area contributed by atoms with E-state index in [1.807, 2.05) is 37.3 Å². The second-order valence-corrected chi connectivity index (χ2v) is 8.67. The first-order valence-electron chi connectivity index (χ1n) is 10.8. The third-order valence-corrected chi connectivity index (χ3v) is 6.35. The number of halogens is 1. The predicted molar refractivity (Wildman–Crippen MR) is 128 cm³/mol. The summed E-state index contributed by atoms with van der Waals surface area (Å²) in [6.45, 7) is 4.12. The lowest BCUT2D eigenvalue weighted by molar-refractivity contribution is 0.0946. The maximum Gasteiger partial charge on any atom is 0.344 e. The summed E-state index contributed by atoms with van der Waals surface area (Å²) in [6, 6.07) is 21.7. The summed E-state index contributed by atoms with van der Waals surface area (Å²) in [7, 11) is 0. The van der Waals surface area contributed by atoms with Gasteiger partial charge in [-0.25, -0.2) is 4.79 Å². The van der Waals surface area contributed by atoms with Gasteiger partial charge in [0.1, 0.15) is 18.1 Å². The van der Waals surface area contributed by atoms with E-state index in [-0.39, 0.29) is 5.63 Å². The molecular weight excluding hydrogens is 422 g/mol. The molecule has 4 nitrogen and oxygen atoms in total. The molecule has 1 aromatic heterocycles. The molecule has 0 spiro atoms. The number of nitrogens with zero attached hydrogens (tertiary/aromatic N) is 1. The lowest BCUT2D eigenvalue weighted by atomic mass is 9.97. The summed E-state index contributed by atoms with van der Waals surface area (Å²) < 4.78 is 11.9. The minimum absolute atomic E-state index is 0.341. The summed E-state index contributed by atoms with van der Waals surface area (Å²) in [4.78, 5) is 15.2. The van der Waals surface area contributed by atoms with E-state index < -0.39 is 0 Å². The molecule has 0 saturated carbocycles. The van der Waals surface area contributed by atoms with Crippen molar-refractivity contribution in [1.29, 1.82) is 0 Å².